The Hall–Kier alpha value is -0.0800. The Bertz CT molecular complexity index is 84.3. The molecule has 0 spiro atoms. The van der Waals surface area contributed by atoms with Gasteiger partial charge in [0.2, 0.25) is 0 Å². The van der Waals surface area contributed by atoms with Gasteiger partial charge in [0.15, 0.2) is 0 Å². The van der Waals surface area contributed by atoms with E-state index < -0.39 is 0 Å². The lowest BCUT2D eigenvalue weighted by Gasteiger charge is -2.03. The maximum atomic E-state index is 5.28. The zero-order chi connectivity index (χ0) is 10.5. The molecule has 0 saturated carbocycles. The van der Waals surface area contributed by atoms with Crippen LogP contribution in [0.15, 0.2) is 0 Å². The Kier molecular flexibility index (Phi) is 12.8. The molecule has 2 nitrogen and oxygen atoms in total. The molecule has 2 heteroatoms. The second-order valence-corrected chi connectivity index (χ2v) is 3.71. The topological polar surface area (TPSA) is 21.3 Å². The molecule has 0 bridgehead atoms. The zero-order valence-electron chi connectivity index (χ0n) is 9.98. The average Bonchev–Trinajstić information content (AvgIpc) is 2.21. The molecule has 0 atom stereocenters. The van der Waals surface area contributed by atoms with Gasteiger partial charge in [0, 0.05) is 13.2 Å². The lowest BCUT2D eigenvalue weighted by Crippen LogP contribution is -2.15. The summed E-state index contributed by atoms with van der Waals surface area (Å²) in [5, 5.41) is 3.42. The molecule has 0 saturated heterocycles. The minimum atomic E-state index is 0.862. The number of nitrogens with one attached hydrogen (secondary N) is 1. The third kappa shape index (κ3) is 11.9. The normalized spacial score (nSPS) is 10.7. The molecule has 0 aliphatic carbocycles. The fourth-order valence-electron chi connectivity index (χ4n) is 1.43. The van der Waals surface area contributed by atoms with E-state index in [9.17, 15) is 0 Å². The van der Waals surface area contributed by atoms with Crippen molar-refractivity contribution in [3.05, 3.63) is 0 Å². The van der Waals surface area contributed by atoms with Crippen LogP contribution in [0, 0.1) is 0 Å². The fraction of sp³-hybridized carbons (Fsp3) is 1.00. The highest BCUT2D eigenvalue weighted by Gasteiger charge is 1.90. The number of hydrogen-bond acceptors (Lipinski definition) is 2. The Morgan fingerprint density at radius 3 is 2.29 bits per heavy atom. The molecule has 14 heavy (non-hydrogen) atoms. The summed E-state index contributed by atoms with van der Waals surface area (Å²) in [7, 11) is 0. The zero-order valence-corrected chi connectivity index (χ0v) is 9.98. The van der Waals surface area contributed by atoms with Gasteiger partial charge in [-0.05, 0) is 39.3 Å². The van der Waals surface area contributed by atoms with Crippen LogP contribution in [0.1, 0.15) is 52.4 Å². The molecule has 0 radical (unpaired) electrons. The maximum Gasteiger partial charge on any atom is 0.0465 e. The van der Waals surface area contributed by atoms with Crippen LogP contribution in [0.25, 0.3) is 0 Å². The second-order valence-electron chi connectivity index (χ2n) is 3.71. The van der Waals surface area contributed by atoms with Crippen molar-refractivity contribution in [3.8, 4) is 0 Å². The van der Waals surface area contributed by atoms with Gasteiger partial charge in [-0.1, -0.05) is 26.2 Å². The largest absolute Gasteiger partial charge is 0.382 e. The van der Waals surface area contributed by atoms with E-state index in [-0.39, 0.29) is 0 Å². The van der Waals surface area contributed by atoms with Crippen molar-refractivity contribution in [2.75, 3.05) is 26.3 Å². The van der Waals surface area contributed by atoms with E-state index in [1.54, 1.807) is 0 Å². The van der Waals surface area contributed by atoms with Gasteiger partial charge in [0.1, 0.15) is 0 Å². The molecular weight excluding hydrogens is 174 g/mol. The number of rotatable bonds is 11. The molecule has 0 aliphatic rings. The molecule has 0 aromatic carbocycles. The van der Waals surface area contributed by atoms with Crippen molar-refractivity contribution in [1.29, 1.82) is 0 Å². The predicted molar refractivity (Wildman–Crippen MR) is 62.7 cm³/mol. The SMILES string of the molecule is CCCNCCCCCCCOCC. The highest BCUT2D eigenvalue weighted by molar-refractivity contribution is 4.48. The van der Waals surface area contributed by atoms with Crippen molar-refractivity contribution in [1.82, 2.24) is 5.32 Å². The van der Waals surface area contributed by atoms with Crippen LogP contribution in [0.5, 0.6) is 0 Å². The summed E-state index contributed by atoms with van der Waals surface area (Å²) in [6, 6.07) is 0. The van der Waals surface area contributed by atoms with Crippen LogP contribution in [-0.4, -0.2) is 26.3 Å². The van der Waals surface area contributed by atoms with E-state index in [1.165, 1.54) is 51.6 Å². The van der Waals surface area contributed by atoms with Crippen molar-refractivity contribution >= 4 is 0 Å². The Morgan fingerprint density at radius 1 is 0.857 bits per heavy atom. The van der Waals surface area contributed by atoms with Crippen LogP contribution in [0.2, 0.25) is 0 Å². The van der Waals surface area contributed by atoms with E-state index in [2.05, 4.69) is 19.2 Å². The average molecular weight is 201 g/mol. The van der Waals surface area contributed by atoms with Gasteiger partial charge in [-0.15, -0.1) is 0 Å². The summed E-state index contributed by atoms with van der Waals surface area (Å²) >= 11 is 0. The van der Waals surface area contributed by atoms with Gasteiger partial charge in [-0.25, -0.2) is 0 Å². The molecular formula is C12H27NO. The molecule has 0 heterocycles. The first-order chi connectivity index (χ1) is 6.91. The van der Waals surface area contributed by atoms with E-state index in [0.29, 0.717) is 0 Å². The minimum absolute atomic E-state index is 0.862. The standard InChI is InChI=1S/C12H27NO/c1-3-10-13-11-8-6-5-7-9-12-14-4-2/h13H,3-12H2,1-2H3. The molecule has 0 aromatic rings. The summed E-state index contributed by atoms with van der Waals surface area (Å²) in [6.45, 7) is 8.44. The summed E-state index contributed by atoms with van der Waals surface area (Å²) in [4.78, 5) is 0. The molecule has 0 fully saturated rings. The Labute approximate surface area is 89.4 Å². The third-order valence-electron chi connectivity index (χ3n) is 2.27. The van der Waals surface area contributed by atoms with Crippen LogP contribution in [-0.2, 0) is 4.74 Å². The number of unbranched alkanes of at least 4 members (excludes halogenated alkanes) is 4. The van der Waals surface area contributed by atoms with E-state index >= 15 is 0 Å². The molecule has 1 N–H and O–H groups in total. The quantitative estimate of drug-likeness (QED) is 0.519. The van der Waals surface area contributed by atoms with Crippen molar-refractivity contribution in [2.24, 2.45) is 0 Å². The number of hydrogen-bond donors (Lipinski definition) is 1. The van der Waals surface area contributed by atoms with Gasteiger partial charge >= 0.3 is 0 Å². The van der Waals surface area contributed by atoms with Gasteiger partial charge in [0.25, 0.3) is 0 Å². The molecule has 86 valence electrons. The van der Waals surface area contributed by atoms with E-state index in [4.69, 9.17) is 4.74 Å². The minimum Gasteiger partial charge on any atom is -0.382 e. The molecule has 0 aromatic heterocycles. The first-order valence-electron chi connectivity index (χ1n) is 6.20. The van der Waals surface area contributed by atoms with E-state index in [1.807, 2.05) is 0 Å². The summed E-state index contributed by atoms with van der Waals surface area (Å²) < 4.78 is 5.28. The maximum absolute atomic E-state index is 5.28. The lowest BCUT2D eigenvalue weighted by molar-refractivity contribution is 0.143. The molecule has 0 unspecified atom stereocenters. The van der Waals surface area contributed by atoms with Crippen LogP contribution < -0.4 is 5.32 Å². The smallest absolute Gasteiger partial charge is 0.0465 e. The first-order valence-corrected chi connectivity index (χ1v) is 6.20. The monoisotopic (exact) mass is 201 g/mol. The van der Waals surface area contributed by atoms with Gasteiger partial charge < -0.3 is 10.1 Å². The summed E-state index contributed by atoms with van der Waals surface area (Å²) in [5.41, 5.74) is 0. The van der Waals surface area contributed by atoms with Crippen molar-refractivity contribution in [3.63, 3.8) is 0 Å². The Morgan fingerprint density at radius 2 is 1.57 bits per heavy atom. The van der Waals surface area contributed by atoms with Crippen LogP contribution in [0.4, 0.5) is 0 Å². The lowest BCUT2D eigenvalue weighted by atomic mass is 10.1. The van der Waals surface area contributed by atoms with Crippen molar-refractivity contribution < 1.29 is 4.74 Å². The first kappa shape index (κ1) is 13.9. The predicted octanol–water partition coefficient (Wildman–Crippen LogP) is 2.97. The highest BCUT2D eigenvalue weighted by atomic mass is 16.5. The third-order valence-corrected chi connectivity index (χ3v) is 2.27. The fourth-order valence-corrected chi connectivity index (χ4v) is 1.43. The highest BCUT2D eigenvalue weighted by Crippen LogP contribution is 2.02. The van der Waals surface area contributed by atoms with Crippen molar-refractivity contribution in [2.45, 2.75) is 52.4 Å². The second kappa shape index (κ2) is 12.9. The summed E-state index contributed by atoms with van der Waals surface area (Å²) in [6.07, 6.45) is 7.86. The van der Waals surface area contributed by atoms with E-state index in [0.717, 1.165) is 13.2 Å². The molecule has 0 amide bonds. The van der Waals surface area contributed by atoms with Gasteiger partial charge in [-0.3, -0.25) is 0 Å². The van der Waals surface area contributed by atoms with Crippen LogP contribution in [0.3, 0.4) is 0 Å². The van der Waals surface area contributed by atoms with Crippen LogP contribution >= 0.6 is 0 Å². The Balaban J connectivity index is 2.78. The summed E-state index contributed by atoms with van der Waals surface area (Å²) in [5.74, 6) is 0. The van der Waals surface area contributed by atoms with Gasteiger partial charge in [0.05, 0.1) is 0 Å². The molecule has 0 rings (SSSR count). The molecule has 0 aliphatic heterocycles. The van der Waals surface area contributed by atoms with Gasteiger partial charge in [-0.2, -0.15) is 0 Å². The number of ether oxygens (including phenoxy) is 1.